The summed E-state index contributed by atoms with van der Waals surface area (Å²) in [4.78, 5) is 34.4. The number of benzene rings is 1. The molecule has 0 aromatic heterocycles. The maximum atomic E-state index is 12.0. The number of ketones is 1. The third-order valence-electron chi connectivity index (χ3n) is 3.77. The van der Waals surface area contributed by atoms with Crippen LogP contribution in [0.3, 0.4) is 0 Å². The number of nitrogens with two attached hydrogens (primary N) is 1. The minimum atomic E-state index is -1.29. The topological polar surface area (TPSA) is 148 Å². The molecule has 1 rings (SSSR count). The number of carbonyl (C=O) groups is 3. The number of hydrogen-bond donors (Lipinski definition) is 4. The normalized spacial score (nSPS) is 13.9. The van der Waals surface area contributed by atoms with Gasteiger partial charge in [-0.05, 0) is 38.1 Å². The minimum absolute atomic E-state index is 0.0980. The molecule has 1 aromatic carbocycles. The van der Waals surface area contributed by atoms with Crippen molar-refractivity contribution in [3.8, 4) is 5.75 Å². The predicted octanol–water partition coefficient (Wildman–Crippen LogP) is 1.10. The number of carbonyl (C=O) groups excluding carboxylic acids is 2. The highest BCUT2D eigenvalue weighted by Crippen LogP contribution is 2.19. The second kappa shape index (κ2) is 13.2. The smallest absolute Gasteiger partial charge is 0.316 e. The minimum Gasteiger partial charge on any atom is -0.491 e. The molecule has 162 valence electrons. The molecule has 0 saturated heterocycles. The van der Waals surface area contributed by atoms with Gasteiger partial charge in [0.2, 0.25) is 5.91 Å². The monoisotopic (exact) mass is 428 g/mol. The standard InChI is InChI=1S/C19H28N2O7S/c1-3-27-10-14(23)11-28-15-6-4-13(5-7-15)21-16(24)8-9-29-18(20)17(12(2)22)19(25)26/h4-7,14,17-18,23H,3,8-11,20H2,1-2H3,(H,21,24)(H,25,26). The first kappa shape index (κ1) is 24.9. The van der Waals surface area contributed by atoms with E-state index < -0.39 is 29.1 Å². The summed E-state index contributed by atoms with van der Waals surface area (Å²) in [6.07, 6.45) is -0.605. The molecule has 1 aromatic rings. The van der Waals surface area contributed by atoms with Crippen LogP contribution in [0.5, 0.6) is 5.75 Å². The molecule has 3 atom stereocenters. The maximum absolute atomic E-state index is 12.0. The number of aliphatic hydroxyl groups excluding tert-OH is 1. The summed E-state index contributed by atoms with van der Waals surface area (Å²) in [6.45, 7) is 3.84. The number of rotatable bonds is 14. The highest BCUT2D eigenvalue weighted by atomic mass is 32.2. The Balaban J connectivity index is 2.37. The number of carboxylic acid groups (broad SMARTS) is 1. The van der Waals surface area contributed by atoms with E-state index >= 15 is 0 Å². The lowest BCUT2D eigenvalue weighted by molar-refractivity contribution is -0.145. The van der Waals surface area contributed by atoms with Gasteiger partial charge in [-0.15, -0.1) is 11.8 Å². The van der Waals surface area contributed by atoms with Crippen LogP contribution < -0.4 is 15.8 Å². The van der Waals surface area contributed by atoms with Crippen LogP contribution in [0.1, 0.15) is 20.3 Å². The van der Waals surface area contributed by atoms with Crippen LogP contribution in [-0.2, 0) is 19.1 Å². The molecule has 0 fully saturated rings. The summed E-state index contributed by atoms with van der Waals surface area (Å²) in [5, 5.41) is 20.5. The maximum Gasteiger partial charge on any atom is 0.316 e. The van der Waals surface area contributed by atoms with Gasteiger partial charge in [-0.1, -0.05) is 0 Å². The average molecular weight is 429 g/mol. The molecule has 0 heterocycles. The zero-order valence-electron chi connectivity index (χ0n) is 16.5. The van der Waals surface area contributed by atoms with Crippen LogP contribution in [0.2, 0.25) is 0 Å². The van der Waals surface area contributed by atoms with Crippen molar-refractivity contribution in [3.05, 3.63) is 24.3 Å². The van der Waals surface area contributed by atoms with Crippen molar-refractivity contribution in [1.82, 2.24) is 0 Å². The van der Waals surface area contributed by atoms with Crippen LogP contribution in [0.4, 0.5) is 5.69 Å². The lowest BCUT2D eigenvalue weighted by atomic mass is 10.1. The number of carboxylic acids is 1. The fourth-order valence-electron chi connectivity index (χ4n) is 2.28. The Kier molecular flexibility index (Phi) is 11.3. The van der Waals surface area contributed by atoms with Crippen LogP contribution in [0.15, 0.2) is 24.3 Å². The quantitative estimate of drug-likeness (QED) is 0.252. The van der Waals surface area contributed by atoms with Crippen LogP contribution in [0, 0.1) is 5.92 Å². The van der Waals surface area contributed by atoms with Crippen LogP contribution in [0.25, 0.3) is 0 Å². The number of amides is 1. The first-order valence-electron chi connectivity index (χ1n) is 9.13. The van der Waals surface area contributed by atoms with Crippen molar-refractivity contribution in [2.24, 2.45) is 11.7 Å². The van der Waals surface area contributed by atoms with Crippen molar-refractivity contribution in [3.63, 3.8) is 0 Å². The molecule has 1 amide bonds. The zero-order valence-corrected chi connectivity index (χ0v) is 17.3. The van der Waals surface area contributed by atoms with Crippen molar-refractivity contribution >= 4 is 35.1 Å². The molecule has 0 spiro atoms. The van der Waals surface area contributed by atoms with Gasteiger partial charge in [0.15, 0.2) is 0 Å². The van der Waals surface area contributed by atoms with E-state index in [2.05, 4.69) is 5.32 Å². The van der Waals surface area contributed by atoms with Gasteiger partial charge in [0.1, 0.15) is 30.2 Å². The lowest BCUT2D eigenvalue weighted by Gasteiger charge is -2.16. The highest BCUT2D eigenvalue weighted by molar-refractivity contribution is 7.99. The van der Waals surface area contributed by atoms with Gasteiger partial charge >= 0.3 is 5.97 Å². The first-order chi connectivity index (χ1) is 13.7. The number of hydrogen-bond acceptors (Lipinski definition) is 8. The van der Waals surface area contributed by atoms with E-state index in [4.69, 9.17) is 20.3 Å². The molecule has 9 nitrogen and oxygen atoms in total. The molecule has 10 heteroatoms. The third-order valence-corrected chi connectivity index (χ3v) is 4.86. The molecule has 0 bridgehead atoms. The van der Waals surface area contributed by atoms with Crippen molar-refractivity contribution in [2.75, 3.05) is 30.9 Å². The largest absolute Gasteiger partial charge is 0.491 e. The second-order valence-electron chi connectivity index (χ2n) is 6.21. The molecule has 0 aliphatic carbocycles. The van der Waals surface area contributed by atoms with E-state index in [0.29, 0.717) is 18.0 Å². The summed E-state index contributed by atoms with van der Waals surface area (Å²) >= 11 is 1.06. The molecule has 0 aliphatic rings. The molecule has 29 heavy (non-hydrogen) atoms. The first-order valence-corrected chi connectivity index (χ1v) is 10.2. The number of aliphatic hydroxyl groups is 1. The molecule has 0 saturated carbocycles. The van der Waals surface area contributed by atoms with Gasteiger partial charge in [0, 0.05) is 24.5 Å². The van der Waals surface area contributed by atoms with Crippen molar-refractivity contribution in [2.45, 2.75) is 31.7 Å². The van der Waals surface area contributed by atoms with E-state index in [-0.39, 0.29) is 31.3 Å². The molecule has 0 radical (unpaired) electrons. The van der Waals surface area contributed by atoms with Gasteiger partial charge in [0.25, 0.3) is 0 Å². The molecule has 5 N–H and O–H groups in total. The number of nitrogens with one attached hydrogen (secondary N) is 1. The summed E-state index contributed by atoms with van der Waals surface area (Å²) < 4.78 is 10.5. The van der Waals surface area contributed by atoms with Gasteiger partial charge in [-0.2, -0.15) is 0 Å². The number of thioether (sulfide) groups is 1. The Bertz CT molecular complexity index is 655. The predicted molar refractivity (Wildman–Crippen MR) is 110 cm³/mol. The summed E-state index contributed by atoms with van der Waals surface area (Å²) in [6, 6.07) is 6.66. The zero-order chi connectivity index (χ0) is 21.8. The number of aliphatic carboxylic acids is 1. The second-order valence-corrected chi connectivity index (χ2v) is 7.49. The van der Waals surface area contributed by atoms with E-state index in [1.165, 1.54) is 6.92 Å². The Morgan fingerprint density at radius 2 is 1.86 bits per heavy atom. The van der Waals surface area contributed by atoms with Gasteiger partial charge in [-0.25, -0.2) is 0 Å². The van der Waals surface area contributed by atoms with E-state index in [9.17, 15) is 19.5 Å². The van der Waals surface area contributed by atoms with Gasteiger partial charge in [-0.3, -0.25) is 14.4 Å². The molecular weight excluding hydrogens is 400 g/mol. The summed E-state index contributed by atoms with van der Waals surface area (Å²) in [5.74, 6) is -2.51. The highest BCUT2D eigenvalue weighted by Gasteiger charge is 2.30. The Labute approximate surface area is 173 Å². The number of Topliss-reactive ketones (excluding diaryl/α,β-unsaturated/α-hetero) is 1. The van der Waals surface area contributed by atoms with Crippen LogP contribution in [-0.4, -0.2) is 64.9 Å². The van der Waals surface area contributed by atoms with E-state index in [1.54, 1.807) is 24.3 Å². The summed E-state index contributed by atoms with van der Waals surface area (Å²) in [5.41, 5.74) is 6.31. The average Bonchev–Trinajstić information content (AvgIpc) is 2.65. The fraction of sp³-hybridized carbons (Fsp3) is 0.526. The Morgan fingerprint density at radius 3 is 2.41 bits per heavy atom. The Hall–Kier alpha value is -2.14. The lowest BCUT2D eigenvalue weighted by Crippen LogP contribution is -2.38. The van der Waals surface area contributed by atoms with Gasteiger partial charge < -0.3 is 30.7 Å². The molecule has 0 aliphatic heterocycles. The molecule has 3 unspecified atom stereocenters. The van der Waals surface area contributed by atoms with Crippen LogP contribution >= 0.6 is 11.8 Å². The van der Waals surface area contributed by atoms with E-state index in [0.717, 1.165) is 11.8 Å². The Morgan fingerprint density at radius 1 is 1.21 bits per heavy atom. The number of anilines is 1. The van der Waals surface area contributed by atoms with Gasteiger partial charge in [0.05, 0.1) is 12.0 Å². The molecular formula is C19H28N2O7S. The van der Waals surface area contributed by atoms with E-state index in [1.807, 2.05) is 6.92 Å². The van der Waals surface area contributed by atoms with Crippen molar-refractivity contribution in [1.29, 1.82) is 0 Å². The third kappa shape index (κ3) is 9.75. The number of ether oxygens (including phenoxy) is 2. The fourth-order valence-corrected chi connectivity index (χ4v) is 3.36. The van der Waals surface area contributed by atoms with Crippen molar-refractivity contribution < 1.29 is 34.1 Å². The SMILES string of the molecule is CCOCC(O)COc1ccc(NC(=O)CCSC(N)C(C(C)=O)C(=O)O)cc1. The summed E-state index contributed by atoms with van der Waals surface area (Å²) in [7, 11) is 0.